The molecule has 0 N–H and O–H groups in total. The molecular formula is C15H24O2. The second kappa shape index (κ2) is 4.58. The van der Waals surface area contributed by atoms with Crippen LogP contribution in [-0.4, -0.2) is 19.0 Å². The highest BCUT2D eigenvalue weighted by molar-refractivity contribution is 5.39. The Labute approximate surface area is 105 Å². The van der Waals surface area contributed by atoms with E-state index in [0.717, 1.165) is 12.8 Å². The Bertz CT molecular complexity index is 344. The lowest BCUT2D eigenvalue weighted by Crippen LogP contribution is -2.39. The van der Waals surface area contributed by atoms with Crippen LogP contribution in [0.1, 0.15) is 47.0 Å². The van der Waals surface area contributed by atoms with Gasteiger partial charge in [0.25, 0.3) is 0 Å². The predicted octanol–water partition coefficient (Wildman–Crippen LogP) is 3.83. The summed E-state index contributed by atoms with van der Waals surface area (Å²) in [7, 11) is 0. The van der Waals surface area contributed by atoms with Gasteiger partial charge in [-0.05, 0) is 36.0 Å². The van der Waals surface area contributed by atoms with E-state index in [1.165, 1.54) is 17.6 Å². The normalized spacial score (nSPS) is 28.7. The fraction of sp³-hybridized carbons (Fsp3) is 0.733. The standard InChI is InChI=1S/C15H24O2/c1-5-6-7-13-12(2)10-15(11-14(13,3)4)16-8-9-17-15/h7,10H,5-6,8-9,11H2,1-4H3. The Morgan fingerprint density at radius 3 is 2.47 bits per heavy atom. The summed E-state index contributed by atoms with van der Waals surface area (Å²) in [6, 6.07) is 0. The van der Waals surface area contributed by atoms with Crippen molar-refractivity contribution in [1.82, 2.24) is 0 Å². The van der Waals surface area contributed by atoms with Crippen molar-refractivity contribution in [3.8, 4) is 0 Å². The molecule has 1 saturated heterocycles. The van der Waals surface area contributed by atoms with Crippen LogP contribution in [0.25, 0.3) is 0 Å². The first kappa shape index (κ1) is 12.8. The van der Waals surface area contributed by atoms with Gasteiger partial charge < -0.3 is 9.47 Å². The van der Waals surface area contributed by atoms with Crippen LogP contribution >= 0.6 is 0 Å². The number of rotatable bonds is 2. The van der Waals surface area contributed by atoms with E-state index in [1.807, 2.05) is 0 Å². The van der Waals surface area contributed by atoms with E-state index in [4.69, 9.17) is 9.47 Å². The average Bonchev–Trinajstić information content (AvgIpc) is 2.63. The minimum absolute atomic E-state index is 0.137. The summed E-state index contributed by atoms with van der Waals surface area (Å²) in [6.45, 7) is 10.4. The molecule has 1 heterocycles. The van der Waals surface area contributed by atoms with Gasteiger partial charge in [0.05, 0.1) is 13.2 Å². The Kier molecular flexibility index (Phi) is 3.46. The summed E-state index contributed by atoms with van der Waals surface area (Å²) in [5.41, 5.74) is 2.92. The molecule has 96 valence electrons. The smallest absolute Gasteiger partial charge is 0.189 e. The number of hydrogen-bond acceptors (Lipinski definition) is 2. The Hall–Kier alpha value is -0.600. The van der Waals surface area contributed by atoms with Gasteiger partial charge in [-0.25, -0.2) is 0 Å². The van der Waals surface area contributed by atoms with Gasteiger partial charge in [-0.15, -0.1) is 0 Å². The average molecular weight is 236 g/mol. The highest BCUT2D eigenvalue weighted by Gasteiger charge is 2.45. The third kappa shape index (κ3) is 2.48. The molecule has 1 aliphatic heterocycles. The second-order valence-corrected chi connectivity index (χ2v) is 5.80. The van der Waals surface area contributed by atoms with Crippen molar-refractivity contribution in [3.05, 3.63) is 23.3 Å². The number of allylic oxidation sites excluding steroid dienone is 3. The fourth-order valence-corrected chi connectivity index (χ4v) is 3.09. The molecule has 0 atom stereocenters. The van der Waals surface area contributed by atoms with Crippen molar-refractivity contribution in [3.63, 3.8) is 0 Å². The van der Waals surface area contributed by atoms with Crippen LogP contribution in [0.3, 0.4) is 0 Å². The van der Waals surface area contributed by atoms with E-state index in [-0.39, 0.29) is 5.41 Å². The Morgan fingerprint density at radius 2 is 1.94 bits per heavy atom. The van der Waals surface area contributed by atoms with E-state index < -0.39 is 5.79 Å². The number of hydrogen-bond donors (Lipinski definition) is 0. The van der Waals surface area contributed by atoms with Crippen molar-refractivity contribution >= 4 is 0 Å². The number of unbranched alkanes of at least 4 members (excludes halogenated alkanes) is 1. The van der Waals surface area contributed by atoms with E-state index in [9.17, 15) is 0 Å². The van der Waals surface area contributed by atoms with Crippen LogP contribution < -0.4 is 0 Å². The lowest BCUT2D eigenvalue weighted by molar-refractivity contribution is -0.139. The maximum atomic E-state index is 5.81. The maximum absolute atomic E-state index is 5.81. The fourth-order valence-electron chi connectivity index (χ4n) is 3.09. The number of ether oxygens (including phenoxy) is 2. The lowest BCUT2D eigenvalue weighted by Gasteiger charge is -2.41. The van der Waals surface area contributed by atoms with Crippen molar-refractivity contribution < 1.29 is 9.47 Å². The highest BCUT2D eigenvalue weighted by Crippen LogP contribution is 2.47. The molecule has 0 aromatic heterocycles. The summed E-state index contributed by atoms with van der Waals surface area (Å²) in [6.07, 6.45) is 7.83. The van der Waals surface area contributed by atoms with Gasteiger partial charge in [0.1, 0.15) is 0 Å². The predicted molar refractivity (Wildman–Crippen MR) is 69.8 cm³/mol. The van der Waals surface area contributed by atoms with Gasteiger partial charge in [-0.1, -0.05) is 33.3 Å². The summed E-state index contributed by atoms with van der Waals surface area (Å²) in [5, 5.41) is 0. The van der Waals surface area contributed by atoms with Crippen LogP contribution in [0.2, 0.25) is 0 Å². The largest absolute Gasteiger partial charge is 0.344 e. The zero-order valence-electron chi connectivity index (χ0n) is 11.5. The molecule has 0 radical (unpaired) electrons. The SMILES string of the molecule is CCCC=C1C(C)=CC2(CC1(C)C)OCCO2. The van der Waals surface area contributed by atoms with Gasteiger partial charge in [-0.3, -0.25) is 0 Å². The van der Waals surface area contributed by atoms with Gasteiger partial charge in [0, 0.05) is 6.42 Å². The zero-order valence-corrected chi connectivity index (χ0v) is 11.5. The molecule has 0 aromatic rings. The maximum Gasteiger partial charge on any atom is 0.189 e. The molecular weight excluding hydrogens is 212 g/mol. The second-order valence-electron chi connectivity index (χ2n) is 5.80. The molecule has 1 aliphatic carbocycles. The van der Waals surface area contributed by atoms with Gasteiger partial charge in [-0.2, -0.15) is 0 Å². The summed E-state index contributed by atoms with van der Waals surface area (Å²) in [4.78, 5) is 0. The Balaban J connectivity index is 2.31. The topological polar surface area (TPSA) is 18.5 Å². The van der Waals surface area contributed by atoms with E-state index in [1.54, 1.807) is 0 Å². The van der Waals surface area contributed by atoms with Crippen LogP contribution in [0.15, 0.2) is 23.3 Å². The molecule has 0 saturated carbocycles. The molecule has 17 heavy (non-hydrogen) atoms. The quantitative estimate of drug-likeness (QED) is 0.725. The Morgan fingerprint density at radius 1 is 1.29 bits per heavy atom. The molecule has 1 fully saturated rings. The van der Waals surface area contributed by atoms with Crippen molar-refractivity contribution in [1.29, 1.82) is 0 Å². The molecule has 1 spiro atoms. The van der Waals surface area contributed by atoms with Gasteiger partial charge in [0.2, 0.25) is 0 Å². The highest BCUT2D eigenvalue weighted by atomic mass is 16.7. The first-order valence-corrected chi connectivity index (χ1v) is 6.67. The molecule has 2 heteroatoms. The third-order valence-electron chi connectivity index (χ3n) is 3.69. The first-order chi connectivity index (χ1) is 7.99. The van der Waals surface area contributed by atoms with E-state index >= 15 is 0 Å². The minimum Gasteiger partial charge on any atom is -0.344 e. The molecule has 0 unspecified atom stereocenters. The van der Waals surface area contributed by atoms with Crippen LogP contribution in [0.5, 0.6) is 0 Å². The molecule has 2 rings (SSSR count). The third-order valence-corrected chi connectivity index (χ3v) is 3.69. The summed E-state index contributed by atoms with van der Waals surface area (Å²) in [5.74, 6) is -0.447. The van der Waals surface area contributed by atoms with E-state index in [0.29, 0.717) is 13.2 Å². The molecule has 0 amide bonds. The molecule has 2 nitrogen and oxygen atoms in total. The summed E-state index contributed by atoms with van der Waals surface area (Å²) >= 11 is 0. The van der Waals surface area contributed by atoms with Crippen molar-refractivity contribution in [2.24, 2.45) is 5.41 Å². The van der Waals surface area contributed by atoms with Crippen LogP contribution in [-0.2, 0) is 9.47 Å². The zero-order chi connectivity index (χ0) is 12.5. The summed E-state index contributed by atoms with van der Waals surface area (Å²) < 4.78 is 11.6. The first-order valence-electron chi connectivity index (χ1n) is 6.67. The van der Waals surface area contributed by atoms with Crippen molar-refractivity contribution in [2.75, 3.05) is 13.2 Å². The van der Waals surface area contributed by atoms with Crippen molar-refractivity contribution in [2.45, 2.75) is 52.7 Å². The van der Waals surface area contributed by atoms with Crippen LogP contribution in [0.4, 0.5) is 0 Å². The monoisotopic (exact) mass is 236 g/mol. The molecule has 0 bridgehead atoms. The molecule has 0 aromatic carbocycles. The molecule has 2 aliphatic rings. The van der Waals surface area contributed by atoms with Crippen LogP contribution in [0, 0.1) is 5.41 Å². The lowest BCUT2D eigenvalue weighted by atomic mass is 9.70. The van der Waals surface area contributed by atoms with Gasteiger partial charge in [0.15, 0.2) is 5.79 Å². The van der Waals surface area contributed by atoms with E-state index in [2.05, 4.69) is 39.8 Å². The minimum atomic E-state index is -0.447. The van der Waals surface area contributed by atoms with Gasteiger partial charge >= 0.3 is 0 Å².